The summed E-state index contributed by atoms with van der Waals surface area (Å²) in [5, 5.41) is 3.21. The molecule has 0 bridgehead atoms. The molecule has 0 saturated heterocycles. The van der Waals surface area contributed by atoms with Crippen molar-refractivity contribution in [2.75, 3.05) is 20.8 Å². The maximum absolute atomic E-state index is 13.9. The standard InChI is InChI=1S/C28H36N2O5/c1-33-23-15-8-14-22(26(23)34-2)25(27(31)29-21-12-6-7-13-21)30(28(32)24-16-9-19-35-24)18-17-20-10-4-3-5-11-20/h8-10,14-16,19,21,25H,3-7,11-13,17-18H2,1-2H3,(H,29,31). The molecule has 1 atom stereocenters. The fraction of sp³-hybridized carbons (Fsp3) is 0.500. The molecule has 0 aliphatic heterocycles. The van der Waals surface area contributed by atoms with E-state index in [0.29, 0.717) is 30.0 Å². The van der Waals surface area contributed by atoms with E-state index in [0.717, 1.165) is 44.9 Å². The molecule has 2 aliphatic carbocycles. The van der Waals surface area contributed by atoms with Gasteiger partial charge < -0.3 is 24.1 Å². The maximum atomic E-state index is 13.9. The van der Waals surface area contributed by atoms with Crippen LogP contribution in [-0.2, 0) is 4.79 Å². The fourth-order valence-corrected chi connectivity index (χ4v) is 5.21. The Labute approximate surface area is 207 Å². The zero-order chi connectivity index (χ0) is 24.6. The number of rotatable bonds is 10. The summed E-state index contributed by atoms with van der Waals surface area (Å²) in [4.78, 5) is 29.3. The minimum absolute atomic E-state index is 0.114. The zero-order valence-electron chi connectivity index (χ0n) is 20.8. The van der Waals surface area contributed by atoms with Crippen molar-refractivity contribution in [3.05, 3.63) is 59.6 Å². The van der Waals surface area contributed by atoms with Gasteiger partial charge in [0.25, 0.3) is 5.91 Å². The quantitative estimate of drug-likeness (QED) is 0.459. The number of benzene rings is 1. The van der Waals surface area contributed by atoms with E-state index in [-0.39, 0.29) is 23.6 Å². The lowest BCUT2D eigenvalue weighted by atomic mass is 9.96. The van der Waals surface area contributed by atoms with Gasteiger partial charge in [0.1, 0.15) is 6.04 Å². The number of methoxy groups -OCH3 is 2. The molecule has 1 fully saturated rings. The Bertz CT molecular complexity index is 1020. The number of ether oxygens (including phenoxy) is 2. The summed E-state index contributed by atoms with van der Waals surface area (Å²) >= 11 is 0. The van der Waals surface area contributed by atoms with Crippen LogP contribution in [0, 0.1) is 0 Å². The van der Waals surface area contributed by atoms with E-state index in [9.17, 15) is 9.59 Å². The summed E-state index contributed by atoms with van der Waals surface area (Å²) in [6.07, 6.45) is 13.0. The molecule has 7 nitrogen and oxygen atoms in total. The van der Waals surface area contributed by atoms with Crippen molar-refractivity contribution >= 4 is 11.8 Å². The highest BCUT2D eigenvalue weighted by molar-refractivity contribution is 5.96. The van der Waals surface area contributed by atoms with Crippen molar-refractivity contribution in [3.63, 3.8) is 0 Å². The molecule has 7 heteroatoms. The normalized spacial score (nSPS) is 16.9. The molecular formula is C28H36N2O5. The summed E-state index contributed by atoms with van der Waals surface area (Å²) in [7, 11) is 3.12. The van der Waals surface area contributed by atoms with E-state index in [2.05, 4.69) is 11.4 Å². The van der Waals surface area contributed by atoms with Crippen molar-refractivity contribution in [2.24, 2.45) is 0 Å². The summed E-state index contributed by atoms with van der Waals surface area (Å²) in [6.45, 7) is 0.397. The second-order valence-electron chi connectivity index (χ2n) is 9.31. The molecule has 0 radical (unpaired) electrons. The number of hydrogen-bond donors (Lipinski definition) is 1. The van der Waals surface area contributed by atoms with Crippen LogP contribution in [0.1, 0.15) is 79.9 Å². The van der Waals surface area contributed by atoms with Crippen molar-refractivity contribution in [2.45, 2.75) is 69.9 Å². The molecule has 1 heterocycles. The molecule has 1 N–H and O–H groups in total. The van der Waals surface area contributed by atoms with E-state index >= 15 is 0 Å². The first-order chi connectivity index (χ1) is 17.1. The Morgan fingerprint density at radius 3 is 2.57 bits per heavy atom. The number of carbonyl (C=O) groups is 2. The molecule has 2 aliphatic rings. The zero-order valence-corrected chi connectivity index (χ0v) is 20.8. The van der Waals surface area contributed by atoms with Crippen molar-refractivity contribution in [3.8, 4) is 11.5 Å². The number of furan rings is 1. The van der Waals surface area contributed by atoms with Crippen LogP contribution >= 0.6 is 0 Å². The number of para-hydroxylation sites is 1. The third-order valence-corrected chi connectivity index (χ3v) is 7.04. The van der Waals surface area contributed by atoms with Gasteiger partial charge in [0, 0.05) is 18.2 Å². The Kier molecular flexibility index (Phi) is 8.50. The Morgan fingerprint density at radius 2 is 1.91 bits per heavy atom. The largest absolute Gasteiger partial charge is 0.493 e. The summed E-state index contributed by atoms with van der Waals surface area (Å²) < 4.78 is 16.7. The van der Waals surface area contributed by atoms with Gasteiger partial charge in [-0.25, -0.2) is 0 Å². The lowest BCUT2D eigenvalue weighted by Gasteiger charge is -2.33. The fourth-order valence-electron chi connectivity index (χ4n) is 5.21. The average Bonchev–Trinajstić information content (AvgIpc) is 3.61. The monoisotopic (exact) mass is 480 g/mol. The van der Waals surface area contributed by atoms with Crippen LogP contribution < -0.4 is 14.8 Å². The summed E-state index contributed by atoms with van der Waals surface area (Å²) in [5.74, 6) is 0.659. The topological polar surface area (TPSA) is 81.0 Å². The minimum Gasteiger partial charge on any atom is -0.493 e. The van der Waals surface area contributed by atoms with E-state index in [1.165, 1.54) is 18.3 Å². The van der Waals surface area contributed by atoms with E-state index < -0.39 is 6.04 Å². The number of allylic oxidation sites excluding steroid dienone is 1. The smallest absolute Gasteiger partial charge is 0.290 e. The maximum Gasteiger partial charge on any atom is 0.290 e. The van der Waals surface area contributed by atoms with Gasteiger partial charge in [0.15, 0.2) is 17.3 Å². The summed E-state index contributed by atoms with van der Waals surface area (Å²) in [6, 6.07) is 8.01. The van der Waals surface area contributed by atoms with Gasteiger partial charge in [-0.15, -0.1) is 0 Å². The van der Waals surface area contributed by atoms with Crippen molar-refractivity contribution in [1.82, 2.24) is 10.2 Å². The molecule has 1 aromatic heterocycles. The second-order valence-corrected chi connectivity index (χ2v) is 9.31. The first-order valence-corrected chi connectivity index (χ1v) is 12.7. The third kappa shape index (κ3) is 5.89. The first kappa shape index (κ1) is 24.9. The Balaban J connectivity index is 1.74. The predicted octanol–water partition coefficient (Wildman–Crippen LogP) is 5.43. The highest BCUT2D eigenvalue weighted by atomic mass is 16.5. The van der Waals surface area contributed by atoms with Crippen LogP contribution in [-0.4, -0.2) is 43.5 Å². The number of nitrogens with one attached hydrogen (secondary N) is 1. The minimum atomic E-state index is -0.887. The van der Waals surface area contributed by atoms with E-state index in [1.54, 1.807) is 37.3 Å². The number of nitrogens with zero attached hydrogens (tertiary/aromatic N) is 1. The van der Waals surface area contributed by atoms with Crippen LogP contribution in [0.5, 0.6) is 11.5 Å². The molecule has 4 rings (SSSR count). The van der Waals surface area contributed by atoms with Crippen LogP contribution in [0.25, 0.3) is 0 Å². The van der Waals surface area contributed by atoms with Gasteiger partial charge in [0.2, 0.25) is 5.91 Å². The van der Waals surface area contributed by atoms with Crippen LogP contribution in [0.4, 0.5) is 0 Å². The number of carbonyl (C=O) groups excluding carboxylic acids is 2. The molecule has 35 heavy (non-hydrogen) atoms. The van der Waals surface area contributed by atoms with E-state index in [4.69, 9.17) is 13.9 Å². The van der Waals surface area contributed by atoms with Gasteiger partial charge in [0.05, 0.1) is 20.5 Å². The van der Waals surface area contributed by atoms with Gasteiger partial charge in [-0.05, 0) is 63.1 Å². The van der Waals surface area contributed by atoms with Gasteiger partial charge >= 0.3 is 0 Å². The molecular weight excluding hydrogens is 444 g/mol. The Morgan fingerprint density at radius 1 is 1.09 bits per heavy atom. The van der Waals surface area contributed by atoms with Gasteiger partial charge in [-0.1, -0.05) is 36.6 Å². The van der Waals surface area contributed by atoms with Crippen molar-refractivity contribution < 1.29 is 23.5 Å². The molecule has 2 aromatic rings. The third-order valence-electron chi connectivity index (χ3n) is 7.04. The van der Waals surface area contributed by atoms with Crippen LogP contribution in [0.3, 0.4) is 0 Å². The molecule has 188 valence electrons. The lowest BCUT2D eigenvalue weighted by molar-refractivity contribution is -0.126. The molecule has 1 aromatic carbocycles. The molecule has 0 spiro atoms. The SMILES string of the molecule is COc1cccc(C(C(=O)NC2CCCC2)N(CCC2=CCCCC2)C(=O)c2ccco2)c1OC. The molecule has 2 amide bonds. The van der Waals surface area contributed by atoms with Crippen LogP contribution in [0.2, 0.25) is 0 Å². The van der Waals surface area contributed by atoms with Crippen LogP contribution in [0.15, 0.2) is 52.7 Å². The highest BCUT2D eigenvalue weighted by Gasteiger charge is 2.37. The predicted molar refractivity (Wildman–Crippen MR) is 134 cm³/mol. The first-order valence-electron chi connectivity index (χ1n) is 12.7. The van der Waals surface area contributed by atoms with Gasteiger partial charge in [-0.2, -0.15) is 0 Å². The molecule has 1 unspecified atom stereocenters. The second kappa shape index (κ2) is 12.0. The van der Waals surface area contributed by atoms with E-state index in [1.807, 2.05) is 12.1 Å². The van der Waals surface area contributed by atoms with Crippen molar-refractivity contribution in [1.29, 1.82) is 0 Å². The highest BCUT2D eigenvalue weighted by Crippen LogP contribution is 2.38. The van der Waals surface area contributed by atoms with Gasteiger partial charge in [-0.3, -0.25) is 9.59 Å². The molecule has 1 saturated carbocycles. The number of hydrogen-bond acceptors (Lipinski definition) is 5. The lowest BCUT2D eigenvalue weighted by Crippen LogP contribution is -2.46. The Hall–Kier alpha value is -3.22. The summed E-state index contributed by atoms with van der Waals surface area (Å²) in [5.41, 5.74) is 1.93. The average molecular weight is 481 g/mol. The number of amides is 2.